The first-order valence-corrected chi connectivity index (χ1v) is 10.9. The first kappa shape index (κ1) is 22.7. The second-order valence-electron chi connectivity index (χ2n) is 8.23. The zero-order valence-electron chi connectivity index (χ0n) is 18.9. The highest BCUT2D eigenvalue weighted by atomic mass is 19.1. The average molecular weight is 455 g/mol. The number of fused-ring (bicyclic) bond motifs is 1. The van der Waals surface area contributed by atoms with Crippen LogP contribution in [0.4, 0.5) is 16.0 Å². The van der Waals surface area contributed by atoms with Gasteiger partial charge in [0.25, 0.3) is 5.56 Å². The van der Waals surface area contributed by atoms with Crippen molar-refractivity contribution in [3.63, 3.8) is 0 Å². The summed E-state index contributed by atoms with van der Waals surface area (Å²) in [7, 11) is 1.72. The van der Waals surface area contributed by atoms with E-state index in [0.717, 1.165) is 17.2 Å². The van der Waals surface area contributed by atoms with Crippen LogP contribution < -0.4 is 15.8 Å². The zero-order chi connectivity index (χ0) is 23.7. The third-order valence-corrected chi connectivity index (χ3v) is 5.95. The summed E-state index contributed by atoms with van der Waals surface area (Å²) in [6.07, 6.45) is 0.596. The Kier molecular flexibility index (Phi) is 6.33. The van der Waals surface area contributed by atoms with E-state index >= 15 is 0 Å². The van der Waals surface area contributed by atoms with E-state index in [1.807, 2.05) is 30.9 Å². The largest absolute Gasteiger partial charge is 0.478 e. The standard InChI is InChI=1S/C24H27FN4O4/c1-4-19(26-20-6-5-15(25)13-17(20)23(31)32)16-11-14(2)12-18-21(16)27-24(28(3)22(18)30)29-7-9-33-10-8-29/h5-6,11-13,19,26H,4,7-10H2,1-3H3,(H,31,32)/t19-/m1/s1. The molecule has 0 radical (unpaired) electrons. The van der Waals surface area contributed by atoms with Crippen LogP contribution in [0.1, 0.15) is 40.9 Å². The second kappa shape index (κ2) is 9.19. The van der Waals surface area contributed by atoms with Gasteiger partial charge in [-0.2, -0.15) is 0 Å². The van der Waals surface area contributed by atoms with Gasteiger partial charge in [0.1, 0.15) is 5.82 Å². The van der Waals surface area contributed by atoms with E-state index in [1.54, 1.807) is 11.6 Å². The number of hydrogen-bond donors (Lipinski definition) is 2. The predicted octanol–water partition coefficient (Wildman–Crippen LogP) is 3.48. The molecule has 8 nitrogen and oxygen atoms in total. The summed E-state index contributed by atoms with van der Waals surface area (Å²) in [5.74, 6) is -1.27. The van der Waals surface area contributed by atoms with Gasteiger partial charge in [0.15, 0.2) is 0 Å². The van der Waals surface area contributed by atoms with Crippen LogP contribution in [0.5, 0.6) is 0 Å². The Bertz CT molecular complexity index is 1270. The summed E-state index contributed by atoms with van der Waals surface area (Å²) in [5.41, 5.74) is 2.28. The van der Waals surface area contributed by atoms with Crippen LogP contribution in [0.3, 0.4) is 0 Å². The molecule has 0 spiro atoms. The van der Waals surface area contributed by atoms with Crippen LogP contribution in [0.25, 0.3) is 10.9 Å². The highest BCUT2D eigenvalue weighted by Gasteiger charge is 2.23. The Balaban J connectivity index is 1.86. The van der Waals surface area contributed by atoms with E-state index in [4.69, 9.17) is 9.72 Å². The van der Waals surface area contributed by atoms with E-state index < -0.39 is 11.8 Å². The molecule has 0 bridgehead atoms. The van der Waals surface area contributed by atoms with E-state index in [0.29, 0.717) is 55.3 Å². The summed E-state index contributed by atoms with van der Waals surface area (Å²) in [5, 5.41) is 13.3. The third-order valence-electron chi connectivity index (χ3n) is 5.95. The molecule has 2 aromatic carbocycles. The lowest BCUT2D eigenvalue weighted by molar-refractivity contribution is 0.0697. The number of ether oxygens (including phenoxy) is 1. The summed E-state index contributed by atoms with van der Waals surface area (Å²) in [6, 6.07) is 7.09. The van der Waals surface area contributed by atoms with Crippen LogP contribution in [0.15, 0.2) is 35.1 Å². The van der Waals surface area contributed by atoms with Gasteiger partial charge in [-0.1, -0.05) is 13.0 Å². The number of morpholine rings is 1. The van der Waals surface area contributed by atoms with Crippen molar-refractivity contribution in [2.45, 2.75) is 26.3 Å². The van der Waals surface area contributed by atoms with Gasteiger partial charge >= 0.3 is 5.97 Å². The van der Waals surface area contributed by atoms with E-state index in [-0.39, 0.29) is 17.2 Å². The zero-order valence-corrected chi connectivity index (χ0v) is 18.9. The van der Waals surface area contributed by atoms with Crippen molar-refractivity contribution in [3.8, 4) is 0 Å². The molecule has 1 fully saturated rings. The number of aromatic carboxylic acids is 1. The van der Waals surface area contributed by atoms with Gasteiger partial charge < -0.3 is 20.1 Å². The fourth-order valence-electron chi connectivity index (χ4n) is 4.26. The number of rotatable bonds is 6. The summed E-state index contributed by atoms with van der Waals surface area (Å²) >= 11 is 0. The first-order chi connectivity index (χ1) is 15.8. The predicted molar refractivity (Wildman–Crippen MR) is 125 cm³/mol. The fraction of sp³-hybridized carbons (Fsp3) is 0.375. The lowest BCUT2D eigenvalue weighted by Gasteiger charge is -2.29. The topological polar surface area (TPSA) is 96.7 Å². The Morgan fingerprint density at radius 2 is 2.00 bits per heavy atom. The molecule has 1 saturated heterocycles. The van der Waals surface area contributed by atoms with Gasteiger partial charge in [-0.3, -0.25) is 9.36 Å². The number of carbonyl (C=O) groups is 1. The lowest BCUT2D eigenvalue weighted by atomic mass is 9.97. The minimum Gasteiger partial charge on any atom is -0.478 e. The number of benzene rings is 2. The minimum absolute atomic E-state index is 0.144. The molecular formula is C24H27FN4O4. The number of carboxylic acids is 1. The van der Waals surface area contributed by atoms with Crippen molar-refractivity contribution in [3.05, 3.63) is 63.2 Å². The SMILES string of the molecule is CC[C@@H](Nc1ccc(F)cc1C(=O)O)c1cc(C)cc2c(=O)n(C)c(N3CCOCC3)nc12. The van der Waals surface area contributed by atoms with E-state index in [9.17, 15) is 19.1 Å². The lowest BCUT2D eigenvalue weighted by Crippen LogP contribution is -2.40. The van der Waals surface area contributed by atoms with Crippen molar-refractivity contribution >= 4 is 28.5 Å². The number of carboxylic acid groups (broad SMARTS) is 1. The maximum absolute atomic E-state index is 13.7. The highest BCUT2D eigenvalue weighted by molar-refractivity contribution is 5.94. The number of nitrogens with one attached hydrogen (secondary N) is 1. The van der Waals surface area contributed by atoms with Gasteiger partial charge in [0, 0.05) is 31.4 Å². The molecule has 1 aliphatic heterocycles. The second-order valence-corrected chi connectivity index (χ2v) is 8.23. The van der Waals surface area contributed by atoms with Gasteiger partial charge in [0.2, 0.25) is 5.95 Å². The van der Waals surface area contributed by atoms with Crippen molar-refractivity contribution in [2.75, 3.05) is 36.5 Å². The molecule has 1 aromatic heterocycles. The van der Waals surface area contributed by atoms with Gasteiger partial charge in [0.05, 0.1) is 35.7 Å². The molecule has 174 valence electrons. The number of aryl methyl sites for hydroxylation is 1. The first-order valence-electron chi connectivity index (χ1n) is 10.9. The number of aromatic nitrogens is 2. The molecule has 1 atom stereocenters. The maximum atomic E-state index is 13.7. The molecule has 9 heteroatoms. The molecular weight excluding hydrogens is 427 g/mol. The van der Waals surface area contributed by atoms with Crippen LogP contribution in [0.2, 0.25) is 0 Å². The maximum Gasteiger partial charge on any atom is 0.337 e. The smallest absolute Gasteiger partial charge is 0.337 e. The normalized spacial score (nSPS) is 15.0. The molecule has 33 heavy (non-hydrogen) atoms. The van der Waals surface area contributed by atoms with Crippen molar-refractivity contribution in [1.29, 1.82) is 0 Å². The summed E-state index contributed by atoms with van der Waals surface area (Å²) in [4.78, 5) is 31.9. The molecule has 2 heterocycles. The molecule has 1 aliphatic rings. The third kappa shape index (κ3) is 4.41. The Morgan fingerprint density at radius 3 is 2.67 bits per heavy atom. The van der Waals surface area contributed by atoms with Gasteiger partial charge in [-0.25, -0.2) is 14.2 Å². The quantitative estimate of drug-likeness (QED) is 0.589. The molecule has 0 amide bonds. The molecule has 0 saturated carbocycles. The Morgan fingerprint density at radius 1 is 1.27 bits per heavy atom. The van der Waals surface area contributed by atoms with Crippen LogP contribution in [0, 0.1) is 12.7 Å². The van der Waals surface area contributed by atoms with Crippen LogP contribution >= 0.6 is 0 Å². The van der Waals surface area contributed by atoms with Crippen molar-refractivity contribution in [1.82, 2.24) is 9.55 Å². The monoisotopic (exact) mass is 454 g/mol. The Hall–Kier alpha value is -3.46. The van der Waals surface area contributed by atoms with Crippen molar-refractivity contribution < 1.29 is 19.0 Å². The molecule has 2 N–H and O–H groups in total. The summed E-state index contributed by atoms with van der Waals surface area (Å²) < 4.78 is 20.7. The minimum atomic E-state index is -1.22. The van der Waals surface area contributed by atoms with E-state index in [1.165, 1.54) is 12.1 Å². The van der Waals surface area contributed by atoms with Crippen LogP contribution in [-0.4, -0.2) is 46.9 Å². The van der Waals surface area contributed by atoms with Crippen LogP contribution in [-0.2, 0) is 11.8 Å². The molecule has 0 aliphatic carbocycles. The number of nitrogens with zero attached hydrogens (tertiary/aromatic N) is 3. The Labute approximate surface area is 190 Å². The fourth-order valence-corrected chi connectivity index (χ4v) is 4.26. The molecule has 0 unspecified atom stereocenters. The number of halogens is 1. The molecule has 4 rings (SSSR count). The number of anilines is 2. The van der Waals surface area contributed by atoms with Gasteiger partial charge in [-0.05, 0) is 43.2 Å². The average Bonchev–Trinajstić information content (AvgIpc) is 2.81. The van der Waals surface area contributed by atoms with E-state index in [2.05, 4.69) is 5.32 Å². The highest BCUT2D eigenvalue weighted by Crippen LogP contribution is 2.31. The van der Waals surface area contributed by atoms with Gasteiger partial charge in [-0.15, -0.1) is 0 Å². The summed E-state index contributed by atoms with van der Waals surface area (Å²) in [6.45, 7) is 6.28. The molecule has 3 aromatic rings. The van der Waals surface area contributed by atoms with Crippen molar-refractivity contribution in [2.24, 2.45) is 7.05 Å². The number of hydrogen-bond acceptors (Lipinski definition) is 6.